The fraction of sp³-hybridized carbons (Fsp3) is 0.250. The van der Waals surface area contributed by atoms with Crippen LogP contribution >= 0.6 is 0 Å². The lowest BCUT2D eigenvalue weighted by Gasteiger charge is -2.32. The van der Waals surface area contributed by atoms with E-state index in [4.69, 9.17) is 5.26 Å². The van der Waals surface area contributed by atoms with E-state index in [9.17, 15) is 22.8 Å². The third-order valence-corrected chi connectivity index (χ3v) is 6.41. The summed E-state index contributed by atoms with van der Waals surface area (Å²) >= 11 is 0. The van der Waals surface area contributed by atoms with Crippen molar-refractivity contribution in [3.05, 3.63) is 101 Å². The monoisotopic (exact) mass is 506 g/mol. The lowest BCUT2D eigenvalue weighted by Crippen LogP contribution is -2.38. The molecule has 3 aromatic rings. The molecular formula is C28H25F3N4O2. The third kappa shape index (κ3) is 6.47. The normalized spacial score (nSPS) is 14.1. The van der Waals surface area contributed by atoms with Gasteiger partial charge in [0.1, 0.15) is 0 Å². The van der Waals surface area contributed by atoms with Crippen molar-refractivity contribution in [2.75, 3.05) is 18.4 Å². The summed E-state index contributed by atoms with van der Waals surface area (Å²) in [5.41, 5.74) is 1.03. The van der Waals surface area contributed by atoms with Crippen molar-refractivity contribution in [2.45, 2.75) is 31.5 Å². The summed E-state index contributed by atoms with van der Waals surface area (Å²) in [6.45, 7) is 1.04. The van der Waals surface area contributed by atoms with Gasteiger partial charge in [-0.05, 0) is 60.2 Å². The number of alkyl halides is 3. The summed E-state index contributed by atoms with van der Waals surface area (Å²) in [6, 6.07) is 20.7. The smallest absolute Gasteiger partial charge is 0.339 e. The van der Waals surface area contributed by atoms with Crippen LogP contribution in [0.25, 0.3) is 0 Å². The van der Waals surface area contributed by atoms with Gasteiger partial charge in [-0.25, -0.2) is 4.79 Å². The van der Waals surface area contributed by atoms with Crippen molar-refractivity contribution in [3.63, 3.8) is 0 Å². The molecule has 0 spiro atoms. The second-order valence-electron chi connectivity index (χ2n) is 8.85. The number of hydrogen-bond acceptors (Lipinski definition) is 3. The summed E-state index contributed by atoms with van der Waals surface area (Å²) in [6.07, 6.45) is -3.31. The highest BCUT2D eigenvalue weighted by Crippen LogP contribution is 2.36. The molecule has 0 atom stereocenters. The van der Waals surface area contributed by atoms with E-state index < -0.39 is 23.5 Å². The molecule has 0 bridgehead atoms. The lowest BCUT2D eigenvalue weighted by atomic mass is 9.89. The van der Waals surface area contributed by atoms with Crippen molar-refractivity contribution in [1.82, 2.24) is 10.2 Å². The number of nitrogens with one attached hydrogen (secondary N) is 2. The first-order valence-corrected chi connectivity index (χ1v) is 11.8. The molecule has 1 saturated heterocycles. The second kappa shape index (κ2) is 11.2. The topological polar surface area (TPSA) is 85.2 Å². The van der Waals surface area contributed by atoms with Gasteiger partial charge in [-0.1, -0.05) is 42.5 Å². The zero-order valence-electron chi connectivity index (χ0n) is 19.9. The summed E-state index contributed by atoms with van der Waals surface area (Å²) in [7, 11) is 0. The lowest BCUT2D eigenvalue weighted by molar-refractivity contribution is -0.136. The molecular weight excluding hydrogens is 481 g/mol. The quantitative estimate of drug-likeness (QED) is 0.451. The summed E-state index contributed by atoms with van der Waals surface area (Å²) < 4.78 is 40.8. The fourth-order valence-electron chi connectivity index (χ4n) is 4.40. The van der Waals surface area contributed by atoms with Crippen molar-refractivity contribution in [3.8, 4) is 6.07 Å². The number of piperidine rings is 1. The number of hydrogen-bond donors (Lipinski definition) is 2. The highest BCUT2D eigenvalue weighted by atomic mass is 19.4. The first-order chi connectivity index (χ1) is 17.7. The Labute approximate surface area is 212 Å². The van der Waals surface area contributed by atoms with Crippen molar-refractivity contribution in [2.24, 2.45) is 0 Å². The van der Waals surface area contributed by atoms with Gasteiger partial charge in [0.05, 0.1) is 22.9 Å². The molecule has 0 radical (unpaired) electrons. The predicted molar refractivity (Wildman–Crippen MR) is 133 cm³/mol. The first kappa shape index (κ1) is 25.8. The maximum Gasteiger partial charge on any atom is 0.418 e. The second-order valence-corrected chi connectivity index (χ2v) is 8.85. The van der Waals surface area contributed by atoms with Crippen molar-refractivity contribution in [1.29, 1.82) is 5.26 Å². The molecule has 37 heavy (non-hydrogen) atoms. The Bertz CT molecular complexity index is 1290. The van der Waals surface area contributed by atoms with E-state index in [0.29, 0.717) is 31.5 Å². The van der Waals surface area contributed by atoms with Crippen LogP contribution in [0.4, 0.5) is 23.7 Å². The number of urea groups is 1. The highest BCUT2D eigenvalue weighted by Gasteiger charge is 2.35. The van der Waals surface area contributed by atoms with E-state index in [1.54, 1.807) is 41.3 Å². The average Bonchev–Trinajstić information content (AvgIpc) is 2.91. The van der Waals surface area contributed by atoms with Gasteiger partial charge >= 0.3 is 12.2 Å². The minimum absolute atomic E-state index is 0.0724. The van der Waals surface area contributed by atoms with Gasteiger partial charge in [-0.2, -0.15) is 18.4 Å². The largest absolute Gasteiger partial charge is 0.418 e. The fourth-order valence-corrected chi connectivity index (χ4v) is 4.40. The van der Waals surface area contributed by atoms with Crippen LogP contribution in [0, 0.1) is 11.3 Å². The highest BCUT2D eigenvalue weighted by molar-refractivity contribution is 5.97. The van der Waals surface area contributed by atoms with Gasteiger partial charge < -0.3 is 15.5 Å². The number of benzene rings is 3. The molecule has 6 nitrogen and oxygen atoms in total. The van der Waals surface area contributed by atoms with Crippen LogP contribution in [0.15, 0.2) is 72.8 Å². The van der Waals surface area contributed by atoms with Crippen LogP contribution in [-0.4, -0.2) is 29.9 Å². The predicted octanol–water partition coefficient (Wildman–Crippen LogP) is 5.92. The molecule has 0 aliphatic carbocycles. The maximum atomic E-state index is 13.6. The standard InChI is InChI=1S/C28H25F3N4O2/c29-28(30,31)24-11-10-23(16-25(24)34-27(37)33-18-20-4-2-1-3-5-20)26(36)35-14-12-22(13-15-35)21-8-6-19(17-32)7-9-21/h1-11,16,22H,12-15,18H2,(H2,33,34,37). The van der Waals surface area contributed by atoms with Crippen LogP contribution in [0.2, 0.25) is 0 Å². The molecule has 4 rings (SSSR count). The molecule has 0 unspecified atom stereocenters. The number of rotatable bonds is 5. The molecule has 3 aromatic carbocycles. The number of carbonyl (C=O) groups is 2. The van der Waals surface area contributed by atoms with Crippen LogP contribution in [-0.2, 0) is 12.7 Å². The minimum Gasteiger partial charge on any atom is -0.339 e. The zero-order chi connectivity index (χ0) is 26.4. The molecule has 1 aliphatic heterocycles. The third-order valence-electron chi connectivity index (χ3n) is 6.41. The first-order valence-electron chi connectivity index (χ1n) is 11.8. The molecule has 1 aliphatic rings. The number of carbonyl (C=O) groups excluding carboxylic acids is 2. The average molecular weight is 507 g/mol. The number of nitrogens with zero attached hydrogens (tertiary/aromatic N) is 2. The van der Waals surface area contributed by atoms with E-state index in [1.165, 1.54) is 0 Å². The Morgan fingerprint density at radius 3 is 2.27 bits per heavy atom. The molecule has 0 saturated carbocycles. The molecule has 1 heterocycles. The summed E-state index contributed by atoms with van der Waals surface area (Å²) in [5, 5.41) is 13.8. The molecule has 190 valence electrons. The van der Waals surface area contributed by atoms with Crippen LogP contribution in [0.3, 0.4) is 0 Å². The number of amides is 3. The van der Waals surface area contributed by atoms with E-state index in [2.05, 4.69) is 16.7 Å². The van der Waals surface area contributed by atoms with Crippen LogP contribution in [0.5, 0.6) is 0 Å². The Balaban J connectivity index is 1.43. The van der Waals surface area contributed by atoms with Gasteiger partial charge in [0.15, 0.2) is 0 Å². The number of nitriles is 1. The van der Waals surface area contributed by atoms with Gasteiger partial charge in [-0.15, -0.1) is 0 Å². The van der Waals surface area contributed by atoms with Gasteiger partial charge in [-0.3, -0.25) is 4.79 Å². The maximum absolute atomic E-state index is 13.6. The Hall–Kier alpha value is -4.32. The molecule has 0 aromatic heterocycles. The Kier molecular flexibility index (Phi) is 7.77. The van der Waals surface area contributed by atoms with Gasteiger partial charge in [0, 0.05) is 25.2 Å². The van der Waals surface area contributed by atoms with Gasteiger partial charge in [0.2, 0.25) is 0 Å². The number of anilines is 1. The summed E-state index contributed by atoms with van der Waals surface area (Å²) in [5.74, 6) is -0.158. The van der Waals surface area contributed by atoms with Gasteiger partial charge in [0.25, 0.3) is 5.91 Å². The number of likely N-dealkylation sites (tertiary alicyclic amines) is 1. The zero-order valence-corrected chi connectivity index (χ0v) is 19.9. The Morgan fingerprint density at radius 1 is 0.973 bits per heavy atom. The van der Waals surface area contributed by atoms with E-state index >= 15 is 0 Å². The van der Waals surface area contributed by atoms with Crippen molar-refractivity contribution >= 4 is 17.6 Å². The number of halogens is 3. The van der Waals surface area contributed by atoms with Crippen LogP contribution in [0.1, 0.15) is 51.4 Å². The minimum atomic E-state index is -4.71. The molecule has 3 amide bonds. The molecule has 9 heteroatoms. The van der Waals surface area contributed by atoms with Crippen molar-refractivity contribution < 1.29 is 22.8 Å². The van der Waals surface area contributed by atoms with E-state index in [1.807, 2.05) is 18.2 Å². The molecule has 2 N–H and O–H groups in total. The van der Waals surface area contributed by atoms with Crippen LogP contribution < -0.4 is 10.6 Å². The van der Waals surface area contributed by atoms with E-state index in [0.717, 1.165) is 29.3 Å². The summed E-state index contributed by atoms with van der Waals surface area (Å²) in [4.78, 5) is 27.1. The Morgan fingerprint density at radius 2 is 1.65 bits per heavy atom. The SMILES string of the molecule is N#Cc1ccc(C2CCN(C(=O)c3ccc(C(F)(F)F)c(NC(=O)NCc4ccccc4)c3)CC2)cc1. The van der Waals surface area contributed by atoms with E-state index in [-0.39, 0.29) is 23.9 Å². The molecule has 1 fully saturated rings.